The highest BCUT2D eigenvalue weighted by Crippen LogP contribution is 2.13. The quantitative estimate of drug-likeness (QED) is 0.823. The molecule has 0 fully saturated rings. The molecule has 0 aliphatic heterocycles. The molecule has 0 aliphatic rings. The first kappa shape index (κ1) is 9.36. The van der Waals surface area contributed by atoms with Crippen molar-refractivity contribution in [3.8, 4) is 0 Å². The first-order chi connectivity index (χ1) is 6.79. The molecule has 0 radical (unpaired) electrons. The first-order valence-corrected chi connectivity index (χ1v) is 5.21. The molecule has 2 heterocycles. The fraction of sp³-hybridized carbons (Fsp3) is 0.333. The molecule has 0 aliphatic carbocycles. The maximum Gasteiger partial charge on any atom is 0.0952 e. The Morgan fingerprint density at radius 3 is 3.00 bits per heavy atom. The zero-order valence-electron chi connectivity index (χ0n) is 7.97. The predicted molar refractivity (Wildman–Crippen MR) is 56.1 cm³/mol. The SMILES string of the molecule is Cc1ncc(Cn2cncc2CN)s1. The van der Waals surface area contributed by atoms with Crippen LogP contribution in [0, 0.1) is 6.92 Å². The summed E-state index contributed by atoms with van der Waals surface area (Å²) in [4.78, 5) is 9.50. The van der Waals surface area contributed by atoms with E-state index in [4.69, 9.17) is 5.73 Å². The average molecular weight is 208 g/mol. The van der Waals surface area contributed by atoms with Crippen LogP contribution in [-0.4, -0.2) is 14.5 Å². The molecule has 0 unspecified atom stereocenters. The Labute approximate surface area is 86.4 Å². The smallest absolute Gasteiger partial charge is 0.0952 e. The van der Waals surface area contributed by atoms with E-state index in [1.54, 1.807) is 23.9 Å². The Hall–Kier alpha value is -1.20. The Bertz CT molecular complexity index is 418. The summed E-state index contributed by atoms with van der Waals surface area (Å²) in [6, 6.07) is 0. The third kappa shape index (κ3) is 1.83. The summed E-state index contributed by atoms with van der Waals surface area (Å²) < 4.78 is 2.05. The van der Waals surface area contributed by atoms with Gasteiger partial charge in [-0.3, -0.25) is 0 Å². The molecule has 0 aromatic carbocycles. The zero-order chi connectivity index (χ0) is 9.97. The highest BCUT2D eigenvalue weighted by atomic mass is 32.1. The van der Waals surface area contributed by atoms with Gasteiger partial charge in [-0.05, 0) is 6.92 Å². The van der Waals surface area contributed by atoms with Crippen molar-refractivity contribution in [3.05, 3.63) is 34.3 Å². The van der Waals surface area contributed by atoms with E-state index in [1.165, 1.54) is 4.88 Å². The predicted octanol–water partition coefficient (Wildman–Crippen LogP) is 1.16. The minimum atomic E-state index is 0.526. The summed E-state index contributed by atoms with van der Waals surface area (Å²) in [5, 5.41) is 1.09. The van der Waals surface area contributed by atoms with Gasteiger partial charge in [-0.1, -0.05) is 0 Å². The van der Waals surface area contributed by atoms with Crippen LogP contribution in [0.1, 0.15) is 15.6 Å². The van der Waals surface area contributed by atoms with E-state index in [1.807, 2.05) is 17.7 Å². The van der Waals surface area contributed by atoms with Gasteiger partial charge in [0.1, 0.15) is 0 Å². The molecule has 5 heteroatoms. The van der Waals surface area contributed by atoms with E-state index in [0.29, 0.717) is 6.54 Å². The van der Waals surface area contributed by atoms with Crippen molar-refractivity contribution in [2.45, 2.75) is 20.0 Å². The lowest BCUT2D eigenvalue weighted by Gasteiger charge is -2.03. The molecule has 2 aromatic rings. The van der Waals surface area contributed by atoms with Crippen LogP contribution in [0.15, 0.2) is 18.7 Å². The van der Waals surface area contributed by atoms with Gasteiger partial charge in [-0.2, -0.15) is 0 Å². The third-order valence-corrected chi connectivity index (χ3v) is 2.90. The van der Waals surface area contributed by atoms with Gasteiger partial charge in [0.25, 0.3) is 0 Å². The molecular weight excluding hydrogens is 196 g/mol. The van der Waals surface area contributed by atoms with Crippen molar-refractivity contribution in [3.63, 3.8) is 0 Å². The molecule has 14 heavy (non-hydrogen) atoms. The number of aromatic nitrogens is 3. The van der Waals surface area contributed by atoms with Gasteiger partial charge in [0, 0.05) is 23.8 Å². The summed E-state index contributed by atoms with van der Waals surface area (Å²) in [5.41, 5.74) is 6.63. The van der Waals surface area contributed by atoms with Gasteiger partial charge < -0.3 is 10.3 Å². The van der Waals surface area contributed by atoms with Gasteiger partial charge in [0.15, 0.2) is 0 Å². The molecule has 4 nitrogen and oxygen atoms in total. The molecule has 2 rings (SSSR count). The largest absolute Gasteiger partial charge is 0.328 e. The van der Waals surface area contributed by atoms with Crippen LogP contribution < -0.4 is 5.73 Å². The Balaban J connectivity index is 2.18. The number of nitrogens with zero attached hydrogens (tertiary/aromatic N) is 3. The second kappa shape index (κ2) is 3.89. The van der Waals surface area contributed by atoms with Gasteiger partial charge in [0.2, 0.25) is 0 Å². The first-order valence-electron chi connectivity index (χ1n) is 4.40. The highest BCUT2D eigenvalue weighted by molar-refractivity contribution is 7.11. The monoisotopic (exact) mass is 208 g/mol. The third-order valence-electron chi connectivity index (χ3n) is 2.00. The van der Waals surface area contributed by atoms with Crippen LogP contribution in [-0.2, 0) is 13.1 Å². The van der Waals surface area contributed by atoms with Crippen molar-refractivity contribution < 1.29 is 0 Å². The van der Waals surface area contributed by atoms with Crippen molar-refractivity contribution in [1.82, 2.24) is 14.5 Å². The summed E-state index contributed by atoms with van der Waals surface area (Å²) in [5.74, 6) is 0. The number of thiazole rings is 1. The molecule has 0 spiro atoms. The lowest BCUT2D eigenvalue weighted by Crippen LogP contribution is -2.06. The minimum Gasteiger partial charge on any atom is -0.328 e. The topological polar surface area (TPSA) is 56.7 Å². The normalized spacial score (nSPS) is 10.7. The average Bonchev–Trinajstić information content (AvgIpc) is 2.76. The fourth-order valence-corrected chi connectivity index (χ4v) is 2.10. The highest BCUT2D eigenvalue weighted by Gasteiger charge is 2.03. The van der Waals surface area contributed by atoms with Crippen molar-refractivity contribution in [2.24, 2.45) is 5.73 Å². The van der Waals surface area contributed by atoms with Crippen LogP contribution in [0.5, 0.6) is 0 Å². The van der Waals surface area contributed by atoms with E-state index >= 15 is 0 Å². The number of nitrogens with two attached hydrogens (primary N) is 1. The molecule has 0 bridgehead atoms. The van der Waals surface area contributed by atoms with E-state index in [2.05, 4.69) is 9.97 Å². The van der Waals surface area contributed by atoms with Crippen LogP contribution in [0.4, 0.5) is 0 Å². The number of hydrogen-bond donors (Lipinski definition) is 1. The molecule has 2 N–H and O–H groups in total. The van der Waals surface area contributed by atoms with Crippen LogP contribution in [0.2, 0.25) is 0 Å². The summed E-state index contributed by atoms with van der Waals surface area (Å²) in [7, 11) is 0. The van der Waals surface area contributed by atoms with Crippen LogP contribution in [0.3, 0.4) is 0 Å². The molecular formula is C9H12N4S. The molecule has 74 valence electrons. The minimum absolute atomic E-state index is 0.526. The number of aryl methyl sites for hydroxylation is 1. The second-order valence-electron chi connectivity index (χ2n) is 3.06. The van der Waals surface area contributed by atoms with E-state index in [0.717, 1.165) is 17.2 Å². The molecule has 0 atom stereocenters. The maximum atomic E-state index is 5.58. The van der Waals surface area contributed by atoms with E-state index in [9.17, 15) is 0 Å². The van der Waals surface area contributed by atoms with Crippen molar-refractivity contribution >= 4 is 11.3 Å². The van der Waals surface area contributed by atoms with Crippen molar-refractivity contribution in [1.29, 1.82) is 0 Å². The Morgan fingerprint density at radius 2 is 2.36 bits per heavy atom. The molecule has 2 aromatic heterocycles. The Kier molecular flexibility index (Phi) is 2.60. The summed E-state index contributed by atoms with van der Waals surface area (Å²) in [6.07, 6.45) is 5.51. The number of rotatable bonds is 3. The summed E-state index contributed by atoms with van der Waals surface area (Å²) in [6.45, 7) is 3.35. The number of imidazole rings is 1. The molecule has 0 amide bonds. The van der Waals surface area contributed by atoms with Gasteiger partial charge in [-0.15, -0.1) is 11.3 Å². The van der Waals surface area contributed by atoms with Crippen LogP contribution in [0.25, 0.3) is 0 Å². The second-order valence-corrected chi connectivity index (χ2v) is 4.38. The maximum absolute atomic E-state index is 5.58. The van der Waals surface area contributed by atoms with E-state index < -0.39 is 0 Å². The van der Waals surface area contributed by atoms with Gasteiger partial charge in [-0.25, -0.2) is 9.97 Å². The zero-order valence-corrected chi connectivity index (χ0v) is 8.79. The standard InChI is InChI=1S/C9H12N4S/c1-7-12-4-9(14-7)5-13-6-11-3-8(13)2-10/h3-4,6H,2,5,10H2,1H3. The lowest BCUT2D eigenvalue weighted by molar-refractivity contribution is 0.747. The summed E-state index contributed by atoms with van der Waals surface area (Å²) >= 11 is 1.70. The van der Waals surface area contributed by atoms with Crippen LogP contribution >= 0.6 is 11.3 Å². The van der Waals surface area contributed by atoms with Gasteiger partial charge >= 0.3 is 0 Å². The molecule has 0 saturated carbocycles. The van der Waals surface area contributed by atoms with Gasteiger partial charge in [0.05, 0.1) is 23.6 Å². The molecule has 0 saturated heterocycles. The number of hydrogen-bond acceptors (Lipinski definition) is 4. The lowest BCUT2D eigenvalue weighted by atomic mass is 10.4. The van der Waals surface area contributed by atoms with E-state index in [-0.39, 0.29) is 0 Å². The fourth-order valence-electron chi connectivity index (χ4n) is 1.31. The van der Waals surface area contributed by atoms with Crippen molar-refractivity contribution in [2.75, 3.05) is 0 Å². The Morgan fingerprint density at radius 1 is 1.50 bits per heavy atom.